The van der Waals surface area contributed by atoms with Crippen LogP contribution in [0.15, 0.2) is 45.1 Å². The third-order valence-corrected chi connectivity index (χ3v) is 6.58. The van der Waals surface area contributed by atoms with E-state index in [-0.39, 0.29) is 16.9 Å². The molecule has 0 aliphatic rings. The van der Waals surface area contributed by atoms with Crippen molar-refractivity contribution in [2.75, 3.05) is 14.2 Å². The number of ether oxygens (including phenoxy) is 2. The van der Waals surface area contributed by atoms with Gasteiger partial charge in [0.15, 0.2) is 0 Å². The molecule has 0 saturated heterocycles. The second kappa shape index (κ2) is 8.76. The van der Waals surface area contributed by atoms with Gasteiger partial charge in [-0.2, -0.15) is 0 Å². The molecule has 1 atom stereocenters. The van der Waals surface area contributed by atoms with Crippen LogP contribution >= 0.6 is 27.3 Å². The van der Waals surface area contributed by atoms with Gasteiger partial charge in [-0.1, -0.05) is 6.07 Å². The maximum absolute atomic E-state index is 12.8. The van der Waals surface area contributed by atoms with E-state index in [1.54, 1.807) is 17.5 Å². The molecule has 0 amide bonds. The van der Waals surface area contributed by atoms with Gasteiger partial charge in [0.25, 0.3) is 0 Å². The molecule has 0 spiro atoms. The summed E-state index contributed by atoms with van der Waals surface area (Å²) in [5.41, 5.74) is 0.0796. The van der Waals surface area contributed by atoms with Gasteiger partial charge in [-0.15, -0.1) is 11.3 Å². The molecule has 7 nitrogen and oxygen atoms in total. The van der Waals surface area contributed by atoms with Crippen molar-refractivity contribution in [3.63, 3.8) is 0 Å². The minimum atomic E-state index is -4.00. The number of carbonyl (C=O) groups excluding carboxylic acids is 2. The molecule has 1 heterocycles. The lowest BCUT2D eigenvalue weighted by molar-refractivity contribution is -0.141. The third-order valence-electron chi connectivity index (χ3n) is 3.44. The minimum Gasteiger partial charge on any atom is -0.469 e. The van der Waals surface area contributed by atoms with E-state index >= 15 is 0 Å². The molecular formula is C16H16BrNO6S2. The van der Waals surface area contributed by atoms with Crippen LogP contribution in [-0.4, -0.2) is 34.6 Å². The predicted molar refractivity (Wildman–Crippen MR) is 99.5 cm³/mol. The number of sulfonamides is 1. The molecule has 1 aromatic carbocycles. The molecule has 1 aromatic heterocycles. The molecule has 1 unspecified atom stereocenters. The zero-order valence-electron chi connectivity index (χ0n) is 13.9. The number of hydrogen-bond acceptors (Lipinski definition) is 7. The third kappa shape index (κ3) is 4.91. The van der Waals surface area contributed by atoms with E-state index in [1.807, 2.05) is 0 Å². The van der Waals surface area contributed by atoms with Gasteiger partial charge in [-0.3, -0.25) is 4.79 Å². The number of hydrogen-bond donors (Lipinski definition) is 1. The Bertz CT molecular complexity index is 895. The first-order chi connectivity index (χ1) is 12.3. The van der Waals surface area contributed by atoms with Crippen LogP contribution in [-0.2, 0) is 24.3 Å². The zero-order chi connectivity index (χ0) is 19.3. The van der Waals surface area contributed by atoms with Crippen LogP contribution in [0.5, 0.6) is 0 Å². The highest BCUT2D eigenvalue weighted by molar-refractivity contribution is 9.10. The number of halogens is 1. The summed E-state index contributed by atoms with van der Waals surface area (Å²) in [5.74, 6) is -1.21. The predicted octanol–water partition coefficient (Wildman–Crippen LogP) is 2.88. The van der Waals surface area contributed by atoms with E-state index < -0.39 is 28.0 Å². The Balaban J connectivity index is 2.36. The summed E-state index contributed by atoms with van der Waals surface area (Å²) in [4.78, 5) is 24.0. The molecule has 140 valence electrons. The quantitative estimate of drug-likeness (QED) is 0.636. The van der Waals surface area contributed by atoms with Gasteiger partial charge in [0.2, 0.25) is 10.0 Å². The summed E-state index contributed by atoms with van der Waals surface area (Å²) in [6.07, 6.45) is -0.156. The van der Waals surface area contributed by atoms with Crippen molar-refractivity contribution in [1.29, 1.82) is 0 Å². The fourth-order valence-electron chi connectivity index (χ4n) is 2.13. The van der Waals surface area contributed by atoms with Crippen LogP contribution in [0.4, 0.5) is 0 Å². The Morgan fingerprint density at radius 2 is 1.96 bits per heavy atom. The number of esters is 2. The second-order valence-electron chi connectivity index (χ2n) is 5.10. The van der Waals surface area contributed by atoms with Crippen LogP contribution < -0.4 is 4.72 Å². The van der Waals surface area contributed by atoms with Gasteiger partial charge < -0.3 is 9.47 Å². The van der Waals surface area contributed by atoms with Gasteiger partial charge >= 0.3 is 11.9 Å². The van der Waals surface area contributed by atoms with Gasteiger partial charge in [0.05, 0.1) is 37.1 Å². The van der Waals surface area contributed by atoms with E-state index in [4.69, 9.17) is 0 Å². The highest BCUT2D eigenvalue weighted by Gasteiger charge is 2.26. The number of benzene rings is 1. The molecule has 0 saturated carbocycles. The average Bonchev–Trinajstić information content (AvgIpc) is 3.15. The first-order valence-corrected chi connectivity index (χ1v) is 10.4. The second-order valence-corrected chi connectivity index (χ2v) is 8.65. The normalized spacial score (nSPS) is 12.4. The minimum absolute atomic E-state index is 0.0796. The van der Waals surface area contributed by atoms with Gasteiger partial charge in [-0.25, -0.2) is 17.9 Å². The van der Waals surface area contributed by atoms with Crippen LogP contribution in [0, 0.1) is 0 Å². The molecule has 0 fully saturated rings. The summed E-state index contributed by atoms with van der Waals surface area (Å²) in [5, 5.41) is 1.78. The standard InChI is InChI=1S/C16H16BrNO6S2/c1-23-15(19)9-13(14-4-3-7-25-14)18-26(21,22)10-5-6-12(17)11(8-10)16(20)24-2/h3-8,13,18H,9H2,1-2H3. The zero-order valence-corrected chi connectivity index (χ0v) is 17.1. The van der Waals surface area contributed by atoms with Crippen molar-refractivity contribution in [1.82, 2.24) is 4.72 Å². The number of methoxy groups -OCH3 is 2. The number of carbonyl (C=O) groups is 2. The fraction of sp³-hybridized carbons (Fsp3) is 0.250. The molecular weight excluding hydrogens is 446 g/mol. The lowest BCUT2D eigenvalue weighted by atomic mass is 10.2. The van der Waals surface area contributed by atoms with E-state index in [1.165, 1.54) is 43.8 Å². The van der Waals surface area contributed by atoms with Crippen LogP contribution in [0.25, 0.3) is 0 Å². The summed E-state index contributed by atoms with van der Waals surface area (Å²) >= 11 is 4.50. The molecule has 2 aromatic rings. The molecule has 1 N–H and O–H groups in total. The molecule has 10 heteroatoms. The first-order valence-electron chi connectivity index (χ1n) is 7.29. The van der Waals surface area contributed by atoms with Crippen molar-refractivity contribution in [2.45, 2.75) is 17.4 Å². The van der Waals surface area contributed by atoms with Crippen molar-refractivity contribution >= 4 is 49.2 Å². The van der Waals surface area contributed by atoms with Crippen LogP contribution in [0.3, 0.4) is 0 Å². The van der Waals surface area contributed by atoms with Gasteiger partial charge in [-0.05, 0) is 45.6 Å². The molecule has 2 rings (SSSR count). The van der Waals surface area contributed by atoms with E-state index in [0.29, 0.717) is 9.35 Å². The Morgan fingerprint density at radius 1 is 1.23 bits per heavy atom. The topological polar surface area (TPSA) is 98.8 Å². The van der Waals surface area contributed by atoms with Crippen LogP contribution in [0.2, 0.25) is 0 Å². The molecule has 26 heavy (non-hydrogen) atoms. The van der Waals surface area contributed by atoms with Gasteiger partial charge in [0, 0.05) is 9.35 Å². The summed E-state index contributed by atoms with van der Waals surface area (Å²) in [7, 11) is -1.56. The summed E-state index contributed by atoms with van der Waals surface area (Å²) in [6.45, 7) is 0. The van der Waals surface area contributed by atoms with E-state index in [0.717, 1.165) is 0 Å². The first kappa shape index (κ1) is 20.6. The average molecular weight is 462 g/mol. The maximum Gasteiger partial charge on any atom is 0.339 e. The summed E-state index contributed by atoms with van der Waals surface area (Å²) in [6, 6.07) is 6.71. The van der Waals surface area contributed by atoms with Crippen molar-refractivity contribution < 1.29 is 27.5 Å². The highest BCUT2D eigenvalue weighted by atomic mass is 79.9. The molecule has 0 bridgehead atoms. The fourth-order valence-corrected chi connectivity index (χ4v) is 4.64. The van der Waals surface area contributed by atoms with Crippen molar-refractivity contribution in [2.24, 2.45) is 0 Å². The smallest absolute Gasteiger partial charge is 0.339 e. The molecule has 0 aliphatic heterocycles. The van der Waals surface area contributed by atoms with Crippen LogP contribution in [0.1, 0.15) is 27.7 Å². The van der Waals surface area contributed by atoms with E-state index in [9.17, 15) is 18.0 Å². The Labute approximate surface area is 163 Å². The summed E-state index contributed by atoms with van der Waals surface area (Å²) < 4.78 is 37.7. The maximum atomic E-state index is 12.8. The molecule has 0 radical (unpaired) electrons. The van der Waals surface area contributed by atoms with E-state index in [2.05, 4.69) is 30.1 Å². The number of nitrogens with one attached hydrogen (secondary N) is 1. The Hall–Kier alpha value is -1.75. The Morgan fingerprint density at radius 3 is 2.54 bits per heavy atom. The monoisotopic (exact) mass is 461 g/mol. The largest absolute Gasteiger partial charge is 0.469 e. The van der Waals surface area contributed by atoms with Gasteiger partial charge in [0.1, 0.15) is 0 Å². The Kier molecular flexibility index (Phi) is 6.93. The van der Waals surface area contributed by atoms with Crippen molar-refractivity contribution in [3.05, 3.63) is 50.6 Å². The lowest BCUT2D eigenvalue weighted by Gasteiger charge is -2.17. The SMILES string of the molecule is COC(=O)CC(NS(=O)(=O)c1ccc(Br)c(C(=O)OC)c1)c1cccs1. The molecule has 0 aliphatic carbocycles. The number of thiophene rings is 1. The lowest BCUT2D eigenvalue weighted by Crippen LogP contribution is -2.30. The van der Waals surface area contributed by atoms with Crippen molar-refractivity contribution in [3.8, 4) is 0 Å². The highest BCUT2D eigenvalue weighted by Crippen LogP contribution is 2.27. The number of rotatable bonds is 7.